The van der Waals surface area contributed by atoms with Crippen molar-refractivity contribution in [3.05, 3.63) is 40.7 Å². The van der Waals surface area contributed by atoms with Gasteiger partial charge in [-0.05, 0) is 35.6 Å². The summed E-state index contributed by atoms with van der Waals surface area (Å²) in [5, 5.41) is 0.139. The molecule has 0 spiro atoms. The summed E-state index contributed by atoms with van der Waals surface area (Å²) in [7, 11) is 0. The number of benzene rings is 1. The van der Waals surface area contributed by atoms with Gasteiger partial charge >= 0.3 is 0 Å². The lowest BCUT2D eigenvalue weighted by Crippen LogP contribution is -2.25. The summed E-state index contributed by atoms with van der Waals surface area (Å²) in [5.41, 5.74) is 8.31. The quantitative estimate of drug-likeness (QED) is 0.863. The lowest BCUT2D eigenvalue weighted by atomic mass is 10.0. The van der Waals surface area contributed by atoms with E-state index < -0.39 is 0 Å². The van der Waals surface area contributed by atoms with Gasteiger partial charge in [-0.1, -0.05) is 24.3 Å². The summed E-state index contributed by atoms with van der Waals surface area (Å²) in [6.45, 7) is 1.66. The molecular formula is C13H14ClN5. The van der Waals surface area contributed by atoms with Gasteiger partial charge in [-0.2, -0.15) is 15.0 Å². The van der Waals surface area contributed by atoms with Crippen molar-refractivity contribution in [3.8, 4) is 0 Å². The molecule has 5 nitrogen and oxygen atoms in total. The van der Waals surface area contributed by atoms with Crippen molar-refractivity contribution in [1.29, 1.82) is 0 Å². The Morgan fingerprint density at radius 2 is 1.89 bits per heavy atom. The Labute approximate surface area is 116 Å². The molecule has 0 atom stereocenters. The molecule has 2 N–H and O–H groups in total. The Kier molecular flexibility index (Phi) is 3.21. The van der Waals surface area contributed by atoms with E-state index in [-0.39, 0.29) is 11.2 Å². The van der Waals surface area contributed by atoms with E-state index in [1.165, 1.54) is 11.1 Å². The minimum Gasteiger partial charge on any atom is -0.368 e. The van der Waals surface area contributed by atoms with Crippen LogP contribution in [0, 0.1) is 0 Å². The van der Waals surface area contributed by atoms with Crippen LogP contribution in [0.5, 0.6) is 0 Å². The average Bonchev–Trinajstić information content (AvgIpc) is 2.59. The second-order valence-electron chi connectivity index (χ2n) is 4.56. The number of anilines is 2. The number of aryl methyl sites for hydroxylation is 1. The molecule has 0 fully saturated rings. The van der Waals surface area contributed by atoms with Crippen LogP contribution in [-0.2, 0) is 13.0 Å². The zero-order chi connectivity index (χ0) is 13.2. The number of fused-ring (bicyclic) bond motifs is 1. The number of halogens is 1. The molecule has 1 aliphatic heterocycles. The van der Waals surface area contributed by atoms with Gasteiger partial charge in [0, 0.05) is 13.1 Å². The Hall–Kier alpha value is -1.88. The number of hydrogen-bond donors (Lipinski definition) is 1. The smallest absolute Gasteiger partial charge is 0.231 e. The molecule has 6 heteroatoms. The number of nitrogen functional groups attached to an aromatic ring is 1. The van der Waals surface area contributed by atoms with E-state index in [1.54, 1.807) is 0 Å². The Morgan fingerprint density at radius 1 is 1.11 bits per heavy atom. The van der Waals surface area contributed by atoms with Crippen molar-refractivity contribution in [1.82, 2.24) is 15.0 Å². The third-order valence-electron chi connectivity index (χ3n) is 3.25. The molecule has 98 valence electrons. The average molecular weight is 276 g/mol. The second kappa shape index (κ2) is 5.01. The zero-order valence-corrected chi connectivity index (χ0v) is 11.1. The molecule has 0 unspecified atom stereocenters. The van der Waals surface area contributed by atoms with Crippen molar-refractivity contribution >= 4 is 23.5 Å². The van der Waals surface area contributed by atoms with Crippen molar-refractivity contribution in [2.24, 2.45) is 0 Å². The molecule has 0 amide bonds. The molecule has 0 saturated carbocycles. The molecule has 1 aliphatic rings. The summed E-state index contributed by atoms with van der Waals surface area (Å²) in [6.07, 6.45) is 2.13. The fourth-order valence-electron chi connectivity index (χ4n) is 2.37. The summed E-state index contributed by atoms with van der Waals surface area (Å²) in [6, 6.07) is 8.44. The first-order valence-electron chi connectivity index (χ1n) is 6.21. The van der Waals surface area contributed by atoms with Gasteiger partial charge in [-0.3, -0.25) is 0 Å². The molecule has 1 aromatic carbocycles. The SMILES string of the molecule is Nc1nc(Cl)nc(N2CCCc3ccccc3C2)n1. The lowest BCUT2D eigenvalue weighted by molar-refractivity contribution is 0.737. The van der Waals surface area contributed by atoms with E-state index in [0.717, 1.165) is 25.9 Å². The fourth-order valence-corrected chi connectivity index (χ4v) is 2.53. The van der Waals surface area contributed by atoms with Gasteiger partial charge in [0.1, 0.15) is 0 Å². The highest BCUT2D eigenvalue weighted by Crippen LogP contribution is 2.22. The largest absolute Gasteiger partial charge is 0.368 e. The standard InChI is InChI=1S/C13H14ClN5/c14-11-16-12(15)18-13(17-11)19-7-3-6-9-4-1-2-5-10(9)8-19/h1-2,4-5H,3,6-8H2,(H2,15,16,17,18). The van der Waals surface area contributed by atoms with Crippen LogP contribution in [0.25, 0.3) is 0 Å². The van der Waals surface area contributed by atoms with Crippen LogP contribution < -0.4 is 10.6 Å². The molecule has 3 rings (SSSR count). The molecule has 1 aromatic heterocycles. The fraction of sp³-hybridized carbons (Fsp3) is 0.308. The first-order valence-corrected chi connectivity index (χ1v) is 6.59. The van der Waals surface area contributed by atoms with Gasteiger partial charge < -0.3 is 10.6 Å². The van der Waals surface area contributed by atoms with Gasteiger partial charge in [-0.15, -0.1) is 0 Å². The third-order valence-corrected chi connectivity index (χ3v) is 3.42. The first-order chi connectivity index (χ1) is 9.22. The summed E-state index contributed by atoms with van der Waals surface area (Å²) >= 11 is 5.84. The highest BCUT2D eigenvalue weighted by molar-refractivity contribution is 6.28. The highest BCUT2D eigenvalue weighted by Gasteiger charge is 2.17. The van der Waals surface area contributed by atoms with E-state index in [0.29, 0.717) is 5.95 Å². The minimum atomic E-state index is 0.139. The van der Waals surface area contributed by atoms with Crippen LogP contribution in [-0.4, -0.2) is 21.5 Å². The van der Waals surface area contributed by atoms with Crippen LogP contribution in [0.1, 0.15) is 17.5 Å². The minimum absolute atomic E-state index is 0.139. The van der Waals surface area contributed by atoms with Gasteiger partial charge in [0.25, 0.3) is 0 Å². The maximum absolute atomic E-state index is 5.84. The van der Waals surface area contributed by atoms with Gasteiger partial charge in [-0.25, -0.2) is 0 Å². The molecule has 2 aromatic rings. The van der Waals surface area contributed by atoms with E-state index in [9.17, 15) is 0 Å². The molecule has 0 saturated heterocycles. The number of nitrogens with zero attached hydrogens (tertiary/aromatic N) is 4. The summed E-state index contributed by atoms with van der Waals surface area (Å²) < 4.78 is 0. The summed E-state index contributed by atoms with van der Waals surface area (Å²) in [4.78, 5) is 14.2. The van der Waals surface area contributed by atoms with Crippen LogP contribution in [0.4, 0.5) is 11.9 Å². The van der Waals surface area contributed by atoms with Crippen molar-refractivity contribution < 1.29 is 0 Å². The monoisotopic (exact) mass is 275 g/mol. The van der Waals surface area contributed by atoms with Crippen molar-refractivity contribution in [3.63, 3.8) is 0 Å². The molecule has 0 aliphatic carbocycles. The molecule has 19 heavy (non-hydrogen) atoms. The topological polar surface area (TPSA) is 67.9 Å². The predicted octanol–water partition coefficient (Wildman–Crippen LogP) is 2.06. The molecule has 0 radical (unpaired) electrons. The Bertz CT molecular complexity index is 581. The second-order valence-corrected chi connectivity index (χ2v) is 4.89. The lowest BCUT2D eigenvalue weighted by Gasteiger charge is -2.20. The number of nitrogens with two attached hydrogens (primary N) is 1. The predicted molar refractivity (Wildman–Crippen MR) is 75.1 cm³/mol. The van der Waals surface area contributed by atoms with Gasteiger partial charge in [0.15, 0.2) is 0 Å². The van der Waals surface area contributed by atoms with Gasteiger partial charge in [0.05, 0.1) is 0 Å². The van der Waals surface area contributed by atoms with E-state index in [4.69, 9.17) is 17.3 Å². The van der Waals surface area contributed by atoms with Gasteiger partial charge in [0.2, 0.25) is 17.2 Å². The Balaban J connectivity index is 1.94. The zero-order valence-electron chi connectivity index (χ0n) is 10.4. The van der Waals surface area contributed by atoms with E-state index in [1.807, 2.05) is 0 Å². The summed E-state index contributed by atoms with van der Waals surface area (Å²) in [5.74, 6) is 0.710. The van der Waals surface area contributed by atoms with E-state index in [2.05, 4.69) is 44.1 Å². The van der Waals surface area contributed by atoms with E-state index >= 15 is 0 Å². The maximum Gasteiger partial charge on any atom is 0.231 e. The number of rotatable bonds is 1. The van der Waals surface area contributed by atoms with Crippen molar-refractivity contribution in [2.75, 3.05) is 17.2 Å². The Morgan fingerprint density at radius 3 is 2.68 bits per heavy atom. The highest BCUT2D eigenvalue weighted by atomic mass is 35.5. The number of aromatic nitrogens is 3. The first kappa shape index (κ1) is 12.2. The molecule has 0 bridgehead atoms. The maximum atomic E-state index is 5.84. The van der Waals surface area contributed by atoms with Crippen LogP contribution in [0.3, 0.4) is 0 Å². The van der Waals surface area contributed by atoms with Crippen molar-refractivity contribution in [2.45, 2.75) is 19.4 Å². The molecular weight excluding hydrogens is 262 g/mol. The third kappa shape index (κ3) is 2.61. The van der Waals surface area contributed by atoms with Crippen LogP contribution >= 0.6 is 11.6 Å². The normalized spacial score (nSPS) is 14.9. The molecule has 2 heterocycles. The van der Waals surface area contributed by atoms with Crippen LogP contribution in [0.2, 0.25) is 5.28 Å². The van der Waals surface area contributed by atoms with Crippen LogP contribution in [0.15, 0.2) is 24.3 Å². The number of hydrogen-bond acceptors (Lipinski definition) is 5.